The highest BCUT2D eigenvalue weighted by molar-refractivity contribution is 5.75. The van der Waals surface area contributed by atoms with Gasteiger partial charge in [-0.15, -0.1) is 0 Å². The fourth-order valence-electron chi connectivity index (χ4n) is 1.90. The van der Waals surface area contributed by atoms with Gasteiger partial charge in [0, 0.05) is 12.6 Å². The lowest BCUT2D eigenvalue weighted by Gasteiger charge is -2.08. The van der Waals surface area contributed by atoms with Crippen molar-refractivity contribution in [3.8, 4) is 11.1 Å². The van der Waals surface area contributed by atoms with E-state index in [4.69, 9.17) is 5.11 Å². The number of hydrogen-bond acceptors (Lipinski definition) is 2. The van der Waals surface area contributed by atoms with E-state index in [1.807, 2.05) is 0 Å². The zero-order chi connectivity index (χ0) is 14.9. The van der Waals surface area contributed by atoms with Crippen molar-refractivity contribution >= 4 is 5.97 Å². The second-order valence-electron chi connectivity index (χ2n) is 4.27. The number of aromatic nitrogens is 2. The van der Waals surface area contributed by atoms with Crippen LogP contribution in [0.5, 0.6) is 0 Å². The lowest BCUT2D eigenvalue weighted by molar-refractivity contribution is -0.138. The number of benzene rings is 1. The average Bonchev–Trinajstić information content (AvgIpc) is 2.70. The molecule has 1 aromatic heterocycles. The molecule has 0 saturated heterocycles. The summed E-state index contributed by atoms with van der Waals surface area (Å²) in [6, 6.07) is 4.55. The van der Waals surface area contributed by atoms with E-state index in [1.165, 1.54) is 23.0 Å². The number of carboxylic acid groups (broad SMARTS) is 1. The summed E-state index contributed by atoms with van der Waals surface area (Å²) in [7, 11) is 1.59. The van der Waals surface area contributed by atoms with Crippen LogP contribution in [-0.4, -0.2) is 20.9 Å². The van der Waals surface area contributed by atoms with Crippen molar-refractivity contribution in [3.63, 3.8) is 0 Å². The number of hydrogen-bond donors (Lipinski definition) is 1. The number of carboxylic acids is 1. The van der Waals surface area contributed by atoms with Gasteiger partial charge in [-0.3, -0.25) is 9.48 Å². The van der Waals surface area contributed by atoms with Crippen molar-refractivity contribution in [1.82, 2.24) is 9.78 Å². The molecule has 0 atom stereocenters. The zero-order valence-electron chi connectivity index (χ0n) is 10.5. The maximum Gasteiger partial charge on any atom is 0.416 e. The third-order valence-corrected chi connectivity index (χ3v) is 2.90. The van der Waals surface area contributed by atoms with Crippen LogP contribution in [0.4, 0.5) is 13.2 Å². The Labute approximate surface area is 112 Å². The Hall–Kier alpha value is -2.31. The number of rotatable bonds is 3. The number of aryl methyl sites for hydroxylation is 1. The molecule has 0 aliphatic rings. The highest BCUT2D eigenvalue weighted by Crippen LogP contribution is 2.31. The summed E-state index contributed by atoms with van der Waals surface area (Å²) in [5.41, 5.74) is 0.716. The molecule has 0 fully saturated rings. The second kappa shape index (κ2) is 4.99. The molecule has 0 aliphatic heterocycles. The molecular formula is C13H11F3N2O2. The Bertz CT molecular complexity index is 630. The average molecular weight is 284 g/mol. The summed E-state index contributed by atoms with van der Waals surface area (Å²) < 4.78 is 38.9. The summed E-state index contributed by atoms with van der Waals surface area (Å²) in [5.74, 6) is -1.03. The molecule has 2 rings (SSSR count). The Morgan fingerprint density at radius 1 is 1.30 bits per heavy atom. The van der Waals surface area contributed by atoms with Crippen molar-refractivity contribution in [3.05, 3.63) is 41.7 Å². The van der Waals surface area contributed by atoms with Gasteiger partial charge in [0.05, 0.1) is 23.9 Å². The summed E-state index contributed by atoms with van der Waals surface area (Å²) in [6.07, 6.45) is -3.19. The molecule has 0 saturated carbocycles. The maximum absolute atomic E-state index is 12.5. The van der Waals surface area contributed by atoms with Crippen LogP contribution in [0.3, 0.4) is 0 Å². The van der Waals surface area contributed by atoms with Gasteiger partial charge >= 0.3 is 12.1 Å². The molecule has 1 N–H and O–H groups in total. The van der Waals surface area contributed by atoms with E-state index in [-0.39, 0.29) is 6.42 Å². The minimum atomic E-state index is -4.39. The van der Waals surface area contributed by atoms with Crippen molar-refractivity contribution < 1.29 is 23.1 Å². The van der Waals surface area contributed by atoms with Gasteiger partial charge in [0.1, 0.15) is 0 Å². The first-order valence-electron chi connectivity index (χ1n) is 5.69. The second-order valence-corrected chi connectivity index (χ2v) is 4.27. The minimum absolute atomic E-state index is 0.243. The number of aliphatic carboxylic acids is 1. The number of halogens is 3. The Balaban J connectivity index is 2.40. The van der Waals surface area contributed by atoms with Crippen LogP contribution < -0.4 is 0 Å². The third-order valence-electron chi connectivity index (χ3n) is 2.90. The predicted molar refractivity (Wildman–Crippen MR) is 65.0 cm³/mol. The van der Waals surface area contributed by atoms with E-state index in [2.05, 4.69) is 5.10 Å². The summed E-state index contributed by atoms with van der Waals surface area (Å²) in [5, 5.41) is 12.8. The van der Waals surface area contributed by atoms with Crippen molar-refractivity contribution in [2.45, 2.75) is 12.6 Å². The van der Waals surface area contributed by atoms with Crippen LogP contribution in [0.15, 0.2) is 30.5 Å². The summed E-state index contributed by atoms with van der Waals surface area (Å²) >= 11 is 0. The third kappa shape index (κ3) is 2.81. The standard InChI is InChI=1S/C13H11F3N2O2/c1-18-11(6-12(19)20)10(7-17-18)8-2-4-9(5-3-8)13(14,15)16/h2-5,7H,6H2,1H3,(H,19,20). The van der Waals surface area contributed by atoms with Crippen LogP contribution in [0.25, 0.3) is 11.1 Å². The van der Waals surface area contributed by atoms with Crippen molar-refractivity contribution in [2.75, 3.05) is 0 Å². The molecule has 0 unspecified atom stereocenters. The fourth-order valence-corrected chi connectivity index (χ4v) is 1.90. The van der Waals surface area contributed by atoms with Crippen LogP contribution in [0.1, 0.15) is 11.3 Å². The highest BCUT2D eigenvalue weighted by Gasteiger charge is 2.30. The van der Waals surface area contributed by atoms with E-state index in [0.29, 0.717) is 16.8 Å². The quantitative estimate of drug-likeness (QED) is 0.942. The van der Waals surface area contributed by atoms with Crippen LogP contribution >= 0.6 is 0 Å². The summed E-state index contributed by atoms with van der Waals surface area (Å²) in [4.78, 5) is 10.8. The Morgan fingerprint density at radius 3 is 2.40 bits per heavy atom. The molecule has 2 aromatic rings. The largest absolute Gasteiger partial charge is 0.481 e. The van der Waals surface area contributed by atoms with E-state index >= 15 is 0 Å². The maximum atomic E-state index is 12.5. The van der Waals surface area contributed by atoms with Gasteiger partial charge in [0.2, 0.25) is 0 Å². The predicted octanol–water partition coefficient (Wildman–Crippen LogP) is 2.73. The topological polar surface area (TPSA) is 55.1 Å². The van der Waals surface area contributed by atoms with Gasteiger partial charge in [-0.2, -0.15) is 18.3 Å². The fraction of sp³-hybridized carbons (Fsp3) is 0.231. The Kier molecular flexibility index (Phi) is 3.52. The van der Waals surface area contributed by atoms with Gasteiger partial charge in [-0.25, -0.2) is 0 Å². The lowest BCUT2D eigenvalue weighted by atomic mass is 10.0. The molecule has 1 aromatic carbocycles. The molecule has 20 heavy (non-hydrogen) atoms. The summed E-state index contributed by atoms with van der Waals surface area (Å²) in [6.45, 7) is 0. The molecule has 0 radical (unpaired) electrons. The normalized spacial score (nSPS) is 11.6. The van der Waals surface area contributed by atoms with Crippen molar-refractivity contribution in [1.29, 1.82) is 0 Å². The first-order valence-corrected chi connectivity index (χ1v) is 5.69. The van der Waals surface area contributed by atoms with E-state index in [1.54, 1.807) is 7.05 Å². The SMILES string of the molecule is Cn1ncc(-c2ccc(C(F)(F)F)cc2)c1CC(=O)O. The van der Waals surface area contributed by atoms with E-state index < -0.39 is 17.7 Å². The first kappa shape index (κ1) is 14.1. The number of nitrogens with zero attached hydrogens (tertiary/aromatic N) is 2. The van der Waals surface area contributed by atoms with Crippen molar-refractivity contribution in [2.24, 2.45) is 7.05 Å². The molecule has 7 heteroatoms. The van der Waals surface area contributed by atoms with E-state index in [0.717, 1.165) is 12.1 Å². The molecule has 1 heterocycles. The van der Waals surface area contributed by atoms with Crippen LogP contribution in [-0.2, 0) is 24.4 Å². The molecule has 106 valence electrons. The molecule has 4 nitrogen and oxygen atoms in total. The first-order chi connectivity index (χ1) is 9.29. The minimum Gasteiger partial charge on any atom is -0.481 e. The molecule has 0 aliphatic carbocycles. The molecule has 0 amide bonds. The molecule has 0 spiro atoms. The van der Waals surface area contributed by atoms with Gasteiger partial charge in [0.25, 0.3) is 0 Å². The Morgan fingerprint density at radius 2 is 1.90 bits per heavy atom. The van der Waals surface area contributed by atoms with Gasteiger partial charge in [0.15, 0.2) is 0 Å². The molecular weight excluding hydrogens is 273 g/mol. The lowest BCUT2D eigenvalue weighted by Crippen LogP contribution is -2.07. The number of alkyl halides is 3. The van der Waals surface area contributed by atoms with Gasteiger partial charge < -0.3 is 5.11 Å². The molecule has 0 bridgehead atoms. The van der Waals surface area contributed by atoms with Crippen LogP contribution in [0.2, 0.25) is 0 Å². The van der Waals surface area contributed by atoms with Gasteiger partial charge in [-0.1, -0.05) is 12.1 Å². The zero-order valence-corrected chi connectivity index (χ0v) is 10.5. The smallest absolute Gasteiger partial charge is 0.416 e. The van der Waals surface area contributed by atoms with Crippen LogP contribution in [0, 0.1) is 0 Å². The monoisotopic (exact) mass is 284 g/mol. The number of carbonyl (C=O) groups is 1. The highest BCUT2D eigenvalue weighted by atomic mass is 19.4. The van der Waals surface area contributed by atoms with Gasteiger partial charge in [-0.05, 0) is 17.7 Å². The van der Waals surface area contributed by atoms with E-state index in [9.17, 15) is 18.0 Å².